The zero-order valence-corrected chi connectivity index (χ0v) is 17.7. The largest absolute Gasteiger partial charge is 0.266 e. The fraction of sp³-hybridized carbons (Fsp3) is 0.348. The lowest BCUT2D eigenvalue weighted by Crippen LogP contribution is -2.29. The van der Waals surface area contributed by atoms with Crippen molar-refractivity contribution in [1.29, 1.82) is 0 Å². The maximum atomic E-state index is 6.26. The number of rotatable bonds is 2. The van der Waals surface area contributed by atoms with Crippen LogP contribution in [0.15, 0.2) is 59.7 Å². The minimum Gasteiger partial charge on any atom is -0.266 e. The molecule has 0 spiro atoms. The van der Waals surface area contributed by atoms with Crippen molar-refractivity contribution in [3.63, 3.8) is 0 Å². The molecule has 0 saturated heterocycles. The molecule has 142 valence electrons. The molecule has 27 heavy (non-hydrogen) atoms. The standard InChI is InChI=1S/C23H28ClN3/c1-22(2,3)18-11-7-9-16(13-18)20-15-21(26-27(24)25-20)17-10-8-12-19(14-17)23(4,5)6/h7-15,25H,1-6H3. The molecule has 1 aliphatic rings. The molecule has 1 N–H and O–H groups in total. The number of halogens is 1. The maximum Gasteiger partial charge on any atom is 0.0960 e. The van der Waals surface area contributed by atoms with E-state index in [0.29, 0.717) is 0 Å². The molecule has 0 radical (unpaired) electrons. The minimum atomic E-state index is 0.0811. The molecule has 3 rings (SSSR count). The zero-order valence-electron chi connectivity index (χ0n) is 17.0. The summed E-state index contributed by atoms with van der Waals surface area (Å²) in [5.74, 6) is 0. The Morgan fingerprint density at radius 3 is 1.89 bits per heavy atom. The summed E-state index contributed by atoms with van der Waals surface area (Å²) in [6.45, 7) is 13.3. The average molecular weight is 382 g/mol. The average Bonchev–Trinajstić information content (AvgIpc) is 2.60. The Bertz CT molecular complexity index is 898. The van der Waals surface area contributed by atoms with Crippen LogP contribution in [0.5, 0.6) is 0 Å². The Balaban J connectivity index is 2.01. The maximum absolute atomic E-state index is 6.26. The number of hydrogen-bond donors (Lipinski definition) is 1. The van der Waals surface area contributed by atoms with Crippen LogP contribution < -0.4 is 5.43 Å². The Hall–Kier alpha value is -2.26. The smallest absolute Gasteiger partial charge is 0.0960 e. The molecule has 2 aromatic rings. The lowest BCUT2D eigenvalue weighted by Gasteiger charge is -2.25. The van der Waals surface area contributed by atoms with Gasteiger partial charge in [-0.15, -0.1) is 9.74 Å². The van der Waals surface area contributed by atoms with Crippen molar-refractivity contribution in [1.82, 2.24) is 10.1 Å². The van der Waals surface area contributed by atoms with Gasteiger partial charge in [0, 0.05) is 5.56 Å². The predicted molar refractivity (Wildman–Crippen MR) is 116 cm³/mol. The molecule has 0 aromatic heterocycles. The van der Waals surface area contributed by atoms with Crippen molar-refractivity contribution >= 4 is 23.2 Å². The summed E-state index contributed by atoms with van der Waals surface area (Å²) in [5.41, 5.74) is 9.76. The molecule has 1 heterocycles. The number of hydrazine groups is 1. The van der Waals surface area contributed by atoms with Crippen LogP contribution in [0.1, 0.15) is 63.8 Å². The highest BCUT2D eigenvalue weighted by atomic mass is 35.5. The summed E-state index contributed by atoms with van der Waals surface area (Å²) >= 11 is 6.26. The molecule has 0 unspecified atom stereocenters. The van der Waals surface area contributed by atoms with Crippen LogP contribution in [-0.4, -0.2) is 10.3 Å². The van der Waals surface area contributed by atoms with E-state index in [2.05, 4.69) is 107 Å². The van der Waals surface area contributed by atoms with Crippen molar-refractivity contribution in [2.75, 3.05) is 0 Å². The number of hydrazone groups is 1. The SMILES string of the molecule is CC(C)(C)c1cccc(C2=CC(c3cccc(C(C)(C)C)c3)=NN(Cl)N2)c1. The van der Waals surface area contributed by atoms with Gasteiger partial charge in [0.05, 0.1) is 23.2 Å². The van der Waals surface area contributed by atoms with Gasteiger partial charge in [-0.25, -0.2) is 0 Å². The number of hydrogen-bond acceptors (Lipinski definition) is 3. The lowest BCUT2D eigenvalue weighted by molar-refractivity contribution is 0.423. The van der Waals surface area contributed by atoms with E-state index >= 15 is 0 Å². The molecule has 4 heteroatoms. The van der Waals surface area contributed by atoms with E-state index in [-0.39, 0.29) is 10.8 Å². The van der Waals surface area contributed by atoms with Crippen LogP contribution in [-0.2, 0) is 10.8 Å². The van der Waals surface area contributed by atoms with E-state index in [4.69, 9.17) is 11.8 Å². The third-order valence-corrected chi connectivity index (χ3v) is 4.91. The van der Waals surface area contributed by atoms with Gasteiger partial charge in [-0.3, -0.25) is 5.43 Å². The van der Waals surface area contributed by atoms with Gasteiger partial charge in [0.15, 0.2) is 0 Å². The first-order valence-corrected chi connectivity index (χ1v) is 9.62. The lowest BCUT2D eigenvalue weighted by atomic mass is 9.85. The highest BCUT2D eigenvalue weighted by Gasteiger charge is 2.19. The normalized spacial score (nSPS) is 15.1. The Labute approximate surface area is 167 Å². The molecule has 3 nitrogen and oxygen atoms in total. The van der Waals surface area contributed by atoms with Crippen molar-refractivity contribution in [3.05, 3.63) is 76.9 Å². The summed E-state index contributed by atoms with van der Waals surface area (Å²) in [5, 5.41) is 4.45. The highest BCUT2D eigenvalue weighted by Crippen LogP contribution is 2.28. The number of nitrogens with zero attached hydrogens (tertiary/aromatic N) is 2. The summed E-state index contributed by atoms with van der Waals surface area (Å²) in [6.07, 6.45) is 2.06. The van der Waals surface area contributed by atoms with Crippen molar-refractivity contribution in [2.24, 2.45) is 5.10 Å². The van der Waals surface area contributed by atoms with Gasteiger partial charge >= 0.3 is 0 Å². The molecule has 2 aromatic carbocycles. The van der Waals surface area contributed by atoms with Gasteiger partial charge < -0.3 is 0 Å². The van der Waals surface area contributed by atoms with Gasteiger partial charge in [0.1, 0.15) is 0 Å². The number of allylic oxidation sites excluding steroid dienone is 1. The summed E-state index contributed by atoms with van der Waals surface area (Å²) < 4.78 is 1.26. The molecule has 0 atom stereocenters. The van der Waals surface area contributed by atoms with Gasteiger partial charge in [-0.1, -0.05) is 77.9 Å². The molecular formula is C23H28ClN3. The quantitative estimate of drug-likeness (QED) is 0.646. The Kier molecular flexibility index (Phi) is 5.09. The third kappa shape index (κ3) is 4.54. The van der Waals surface area contributed by atoms with Crippen LogP contribution in [0.4, 0.5) is 0 Å². The van der Waals surface area contributed by atoms with Crippen LogP contribution in [0.3, 0.4) is 0 Å². The number of nitrogens with one attached hydrogen (secondary N) is 1. The van der Waals surface area contributed by atoms with E-state index in [1.54, 1.807) is 0 Å². The Morgan fingerprint density at radius 1 is 0.815 bits per heavy atom. The third-order valence-electron chi connectivity index (χ3n) is 4.75. The van der Waals surface area contributed by atoms with Crippen LogP contribution >= 0.6 is 11.8 Å². The second-order valence-electron chi connectivity index (χ2n) is 9.08. The van der Waals surface area contributed by atoms with E-state index < -0.39 is 0 Å². The molecule has 0 fully saturated rings. The monoisotopic (exact) mass is 381 g/mol. The molecular weight excluding hydrogens is 354 g/mol. The first-order chi connectivity index (χ1) is 12.5. The predicted octanol–water partition coefficient (Wildman–Crippen LogP) is 6.00. The molecule has 0 aliphatic carbocycles. The van der Waals surface area contributed by atoms with Gasteiger partial charge in [-0.05, 0) is 45.7 Å². The zero-order chi connectivity index (χ0) is 19.8. The van der Waals surface area contributed by atoms with E-state index in [9.17, 15) is 0 Å². The first kappa shape index (κ1) is 19.5. The summed E-state index contributed by atoms with van der Waals surface area (Å²) in [7, 11) is 0. The number of benzene rings is 2. The fourth-order valence-electron chi connectivity index (χ4n) is 3.00. The van der Waals surface area contributed by atoms with Gasteiger partial charge in [0.2, 0.25) is 0 Å². The summed E-state index contributed by atoms with van der Waals surface area (Å²) in [4.78, 5) is 0. The Morgan fingerprint density at radius 2 is 1.33 bits per heavy atom. The van der Waals surface area contributed by atoms with E-state index in [0.717, 1.165) is 22.5 Å². The molecule has 0 saturated carbocycles. The molecule has 1 aliphatic heterocycles. The fourth-order valence-corrected chi connectivity index (χ4v) is 3.18. The van der Waals surface area contributed by atoms with Crippen LogP contribution in [0.2, 0.25) is 0 Å². The topological polar surface area (TPSA) is 27.6 Å². The molecule has 0 bridgehead atoms. The molecule has 0 amide bonds. The van der Waals surface area contributed by atoms with Crippen molar-refractivity contribution in [2.45, 2.75) is 52.4 Å². The van der Waals surface area contributed by atoms with E-state index in [1.807, 2.05) is 0 Å². The van der Waals surface area contributed by atoms with Gasteiger partial charge in [-0.2, -0.15) is 0 Å². The second-order valence-corrected chi connectivity index (χ2v) is 9.40. The van der Waals surface area contributed by atoms with Gasteiger partial charge in [0.25, 0.3) is 0 Å². The van der Waals surface area contributed by atoms with Crippen molar-refractivity contribution in [3.8, 4) is 0 Å². The van der Waals surface area contributed by atoms with Crippen molar-refractivity contribution < 1.29 is 0 Å². The van der Waals surface area contributed by atoms with Crippen LogP contribution in [0.25, 0.3) is 5.70 Å². The first-order valence-electron chi connectivity index (χ1n) is 9.29. The van der Waals surface area contributed by atoms with E-state index in [1.165, 1.54) is 15.8 Å². The second kappa shape index (κ2) is 7.05. The van der Waals surface area contributed by atoms with Crippen LogP contribution in [0, 0.1) is 0 Å². The summed E-state index contributed by atoms with van der Waals surface area (Å²) in [6, 6.07) is 17.0. The minimum absolute atomic E-state index is 0.0811. The highest BCUT2D eigenvalue weighted by molar-refractivity contribution is 6.18.